The standard InChI is InChI=1S/C17H9FINO2S2/c18-12-5-3-11(4-6-12)15(21)20-16(22)14(24-17(20)23)9-10-1-7-13(19)8-2-10/h1-9H. The number of imide groups is 1. The monoisotopic (exact) mass is 469 g/mol. The van der Waals surface area contributed by atoms with Crippen LogP contribution in [-0.2, 0) is 4.79 Å². The molecule has 0 saturated carbocycles. The number of benzene rings is 2. The molecule has 1 fully saturated rings. The predicted octanol–water partition coefficient (Wildman–Crippen LogP) is 4.47. The molecule has 0 aromatic heterocycles. The number of carbonyl (C=O) groups excluding carboxylic acids is 2. The highest BCUT2D eigenvalue weighted by Gasteiger charge is 2.37. The van der Waals surface area contributed by atoms with Crippen molar-refractivity contribution in [2.75, 3.05) is 0 Å². The fourth-order valence-electron chi connectivity index (χ4n) is 2.07. The van der Waals surface area contributed by atoms with Gasteiger partial charge >= 0.3 is 0 Å². The zero-order valence-corrected chi connectivity index (χ0v) is 15.8. The second-order valence-corrected chi connectivity index (χ2v) is 7.80. The van der Waals surface area contributed by atoms with Crippen LogP contribution in [0.2, 0.25) is 0 Å². The molecule has 0 aliphatic carbocycles. The highest BCUT2D eigenvalue weighted by molar-refractivity contribution is 14.1. The third-order valence-corrected chi connectivity index (χ3v) is 5.28. The molecule has 1 aliphatic heterocycles. The van der Waals surface area contributed by atoms with Crippen LogP contribution in [0.4, 0.5) is 4.39 Å². The number of halogens is 2. The highest BCUT2D eigenvalue weighted by Crippen LogP contribution is 2.33. The summed E-state index contributed by atoms with van der Waals surface area (Å²) in [6.07, 6.45) is 1.70. The van der Waals surface area contributed by atoms with Gasteiger partial charge in [-0.15, -0.1) is 0 Å². The Morgan fingerprint density at radius 3 is 2.38 bits per heavy atom. The molecular formula is C17H9FINO2S2. The van der Waals surface area contributed by atoms with Gasteiger partial charge in [0.1, 0.15) is 5.82 Å². The maximum Gasteiger partial charge on any atom is 0.273 e. The SMILES string of the molecule is O=C1C(=Cc2ccc(I)cc2)SC(=S)N1C(=O)c1ccc(F)cc1. The number of thioether (sulfide) groups is 1. The summed E-state index contributed by atoms with van der Waals surface area (Å²) in [6.45, 7) is 0. The Kier molecular flexibility index (Phi) is 5.12. The van der Waals surface area contributed by atoms with E-state index < -0.39 is 17.6 Å². The van der Waals surface area contributed by atoms with Crippen molar-refractivity contribution >= 4 is 68.8 Å². The summed E-state index contributed by atoms with van der Waals surface area (Å²) in [5, 5.41) is 0. The van der Waals surface area contributed by atoms with Gasteiger partial charge in [0.2, 0.25) is 0 Å². The van der Waals surface area contributed by atoms with E-state index in [4.69, 9.17) is 12.2 Å². The van der Waals surface area contributed by atoms with Crippen LogP contribution < -0.4 is 0 Å². The zero-order valence-electron chi connectivity index (χ0n) is 12.0. The van der Waals surface area contributed by atoms with Crippen molar-refractivity contribution in [1.29, 1.82) is 0 Å². The third-order valence-electron chi connectivity index (χ3n) is 3.26. The molecule has 0 bridgehead atoms. The number of hydrogen-bond acceptors (Lipinski definition) is 4. The Hall–Kier alpha value is -1.58. The van der Waals surface area contributed by atoms with E-state index >= 15 is 0 Å². The first-order valence-electron chi connectivity index (χ1n) is 6.79. The minimum Gasteiger partial charge on any atom is -0.268 e. The fraction of sp³-hybridized carbons (Fsp3) is 0. The summed E-state index contributed by atoms with van der Waals surface area (Å²) in [5.41, 5.74) is 1.06. The van der Waals surface area contributed by atoms with Crippen molar-refractivity contribution in [3.63, 3.8) is 0 Å². The van der Waals surface area contributed by atoms with Gasteiger partial charge in [0.05, 0.1) is 4.91 Å². The van der Waals surface area contributed by atoms with Crippen LogP contribution in [0.15, 0.2) is 53.4 Å². The van der Waals surface area contributed by atoms with Crippen LogP contribution in [0.25, 0.3) is 6.08 Å². The average molecular weight is 469 g/mol. The number of thiocarbonyl (C=S) groups is 1. The minimum atomic E-state index is -0.552. The van der Waals surface area contributed by atoms with Gasteiger partial charge in [-0.1, -0.05) is 36.1 Å². The van der Waals surface area contributed by atoms with Gasteiger partial charge in [0.15, 0.2) is 4.32 Å². The van der Waals surface area contributed by atoms with Crippen LogP contribution in [0.5, 0.6) is 0 Å². The topological polar surface area (TPSA) is 37.4 Å². The molecular weight excluding hydrogens is 460 g/mol. The van der Waals surface area contributed by atoms with E-state index in [1.54, 1.807) is 6.08 Å². The smallest absolute Gasteiger partial charge is 0.268 e. The predicted molar refractivity (Wildman–Crippen MR) is 105 cm³/mol. The zero-order chi connectivity index (χ0) is 17.3. The second kappa shape index (κ2) is 7.12. The van der Waals surface area contributed by atoms with E-state index in [-0.39, 0.29) is 9.88 Å². The molecule has 2 aromatic carbocycles. The van der Waals surface area contributed by atoms with E-state index in [0.717, 1.165) is 25.8 Å². The molecule has 24 heavy (non-hydrogen) atoms. The van der Waals surface area contributed by atoms with Gasteiger partial charge in [0.25, 0.3) is 11.8 Å². The lowest BCUT2D eigenvalue weighted by molar-refractivity contribution is -0.120. The molecule has 1 heterocycles. The summed E-state index contributed by atoms with van der Waals surface area (Å²) in [7, 11) is 0. The number of rotatable bonds is 2. The van der Waals surface area contributed by atoms with Gasteiger partial charge < -0.3 is 0 Å². The number of nitrogens with zero attached hydrogens (tertiary/aromatic N) is 1. The third kappa shape index (κ3) is 3.57. The molecule has 0 radical (unpaired) electrons. The fourth-order valence-corrected chi connectivity index (χ4v) is 3.69. The van der Waals surface area contributed by atoms with Gasteiger partial charge in [-0.2, -0.15) is 0 Å². The number of hydrogen-bond donors (Lipinski definition) is 0. The maximum atomic E-state index is 13.0. The first-order chi connectivity index (χ1) is 11.5. The molecule has 2 aromatic rings. The molecule has 0 unspecified atom stereocenters. The van der Waals surface area contributed by atoms with E-state index in [1.807, 2.05) is 24.3 Å². The van der Waals surface area contributed by atoms with E-state index in [0.29, 0.717) is 4.91 Å². The van der Waals surface area contributed by atoms with Crippen LogP contribution in [0, 0.1) is 9.39 Å². The van der Waals surface area contributed by atoms with Crippen molar-refractivity contribution in [2.45, 2.75) is 0 Å². The molecule has 0 atom stereocenters. The Balaban J connectivity index is 1.87. The number of carbonyl (C=O) groups is 2. The van der Waals surface area contributed by atoms with Crippen LogP contribution in [0.1, 0.15) is 15.9 Å². The first kappa shape index (κ1) is 17.2. The van der Waals surface area contributed by atoms with Crippen molar-refractivity contribution in [2.24, 2.45) is 0 Å². The van der Waals surface area contributed by atoms with Gasteiger partial charge in [-0.3, -0.25) is 9.59 Å². The first-order valence-corrected chi connectivity index (χ1v) is 9.09. The van der Waals surface area contributed by atoms with Crippen molar-refractivity contribution < 1.29 is 14.0 Å². The van der Waals surface area contributed by atoms with Crippen molar-refractivity contribution in [3.05, 3.63) is 74.0 Å². The lowest BCUT2D eigenvalue weighted by Crippen LogP contribution is -2.34. The summed E-state index contributed by atoms with van der Waals surface area (Å²) >= 11 is 8.44. The molecule has 2 amide bonds. The van der Waals surface area contributed by atoms with Crippen LogP contribution in [-0.4, -0.2) is 21.0 Å². The summed E-state index contributed by atoms with van der Waals surface area (Å²) in [5.74, 6) is -1.46. The molecule has 3 rings (SSSR count). The van der Waals surface area contributed by atoms with Crippen molar-refractivity contribution in [1.82, 2.24) is 4.90 Å². The largest absolute Gasteiger partial charge is 0.273 e. The summed E-state index contributed by atoms with van der Waals surface area (Å²) < 4.78 is 14.2. The lowest BCUT2D eigenvalue weighted by atomic mass is 10.2. The van der Waals surface area contributed by atoms with Crippen molar-refractivity contribution in [3.8, 4) is 0 Å². The minimum absolute atomic E-state index is 0.172. The van der Waals surface area contributed by atoms with Gasteiger partial charge in [0, 0.05) is 9.13 Å². The average Bonchev–Trinajstić information content (AvgIpc) is 2.83. The molecule has 1 saturated heterocycles. The molecule has 0 N–H and O–H groups in total. The maximum absolute atomic E-state index is 13.0. The quantitative estimate of drug-likeness (QED) is 0.282. The molecule has 7 heteroatoms. The van der Waals surface area contributed by atoms with Gasteiger partial charge in [-0.25, -0.2) is 9.29 Å². The molecule has 3 nitrogen and oxygen atoms in total. The summed E-state index contributed by atoms with van der Waals surface area (Å²) in [6, 6.07) is 12.6. The van der Waals surface area contributed by atoms with Gasteiger partial charge in [-0.05, 0) is 70.6 Å². The lowest BCUT2D eigenvalue weighted by Gasteiger charge is -2.12. The van der Waals surface area contributed by atoms with Crippen LogP contribution >= 0.6 is 46.6 Å². The summed E-state index contributed by atoms with van der Waals surface area (Å²) in [4.78, 5) is 26.3. The normalized spacial score (nSPS) is 16.1. The second-order valence-electron chi connectivity index (χ2n) is 4.88. The molecule has 120 valence electrons. The van der Waals surface area contributed by atoms with E-state index in [1.165, 1.54) is 24.3 Å². The van der Waals surface area contributed by atoms with E-state index in [9.17, 15) is 14.0 Å². The Bertz CT molecular complexity index is 863. The Morgan fingerprint density at radius 2 is 1.75 bits per heavy atom. The van der Waals surface area contributed by atoms with Crippen LogP contribution in [0.3, 0.4) is 0 Å². The Labute approximate surface area is 161 Å². The van der Waals surface area contributed by atoms with E-state index in [2.05, 4.69) is 22.6 Å². The number of amides is 2. The Morgan fingerprint density at radius 1 is 1.12 bits per heavy atom. The molecule has 0 spiro atoms. The molecule has 1 aliphatic rings. The highest BCUT2D eigenvalue weighted by atomic mass is 127.